The van der Waals surface area contributed by atoms with Crippen LogP contribution in [-0.4, -0.2) is 22.6 Å². The molecule has 0 unspecified atom stereocenters. The number of pyridine rings is 1. The minimum absolute atomic E-state index is 0.119. The summed E-state index contributed by atoms with van der Waals surface area (Å²) in [6.45, 7) is 4.11. The van der Waals surface area contributed by atoms with E-state index < -0.39 is 0 Å². The van der Waals surface area contributed by atoms with E-state index in [1.165, 1.54) is 0 Å². The molecule has 0 radical (unpaired) electrons. The van der Waals surface area contributed by atoms with Crippen molar-refractivity contribution in [2.24, 2.45) is 0 Å². The summed E-state index contributed by atoms with van der Waals surface area (Å²) < 4.78 is 10.8. The van der Waals surface area contributed by atoms with Crippen molar-refractivity contribution in [1.29, 1.82) is 0 Å². The summed E-state index contributed by atoms with van der Waals surface area (Å²) in [6.07, 6.45) is 3.34. The fourth-order valence-corrected chi connectivity index (χ4v) is 2.17. The van der Waals surface area contributed by atoms with Gasteiger partial charge in [-0.3, -0.25) is 9.78 Å². The predicted octanol–water partition coefficient (Wildman–Crippen LogP) is 4.04. The number of benzene rings is 1. The Morgan fingerprint density at radius 1 is 1.12 bits per heavy atom. The molecule has 1 amide bonds. The molecule has 2 heterocycles. The molecule has 0 saturated heterocycles. The standard InChI is InChI=1S/C19H20N4O3/c1-13(2)17-11-18(23-26-17)22-19(24)12-21-14-3-5-15(6-4-14)25-16-7-9-20-10-8-16/h3-11,13,21H,12H2,1-2H3,(H,22,23,24). The molecular weight excluding hydrogens is 332 g/mol. The summed E-state index contributed by atoms with van der Waals surface area (Å²) in [4.78, 5) is 15.9. The number of rotatable bonds is 7. The largest absolute Gasteiger partial charge is 0.457 e. The van der Waals surface area contributed by atoms with Gasteiger partial charge in [0.1, 0.15) is 17.3 Å². The Kier molecular flexibility index (Phi) is 5.48. The zero-order chi connectivity index (χ0) is 18.4. The first kappa shape index (κ1) is 17.5. The molecule has 1 aromatic carbocycles. The van der Waals surface area contributed by atoms with Gasteiger partial charge in [0.2, 0.25) is 5.91 Å². The maximum Gasteiger partial charge on any atom is 0.244 e. The molecule has 26 heavy (non-hydrogen) atoms. The Bertz CT molecular complexity index is 845. The zero-order valence-electron chi connectivity index (χ0n) is 14.6. The van der Waals surface area contributed by atoms with Crippen molar-refractivity contribution in [1.82, 2.24) is 10.1 Å². The summed E-state index contributed by atoms with van der Waals surface area (Å²) in [5.41, 5.74) is 0.810. The van der Waals surface area contributed by atoms with Gasteiger partial charge in [-0.15, -0.1) is 0 Å². The van der Waals surface area contributed by atoms with Gasteiger partial charge in [0.05, 0.1) is 6.54 Å². The van der Waals surface area contributed by atoms with Gasteiger partial charge in [-0.25, -0.2) is 0 Å². The second-order valence-corrected chi connectivity index (χ2v) is 5.98. The number of aromatic nitrogens is 2. The van der Waals surface area contributed by atoms with Gasteiger partial charge in [0.25, 0.3) is 0 Å². The first-order valence-electron chi connectivity index (χ1n) is 8.28. The lowest BCUT2D eigenvalue weighted by molar-refractivity contribution is -0.114. The Morgan fingerprint density at radius 3 is 2.46 bits per heavy atom. The van der Waals surface area contributed by atoms with Crippen LogP contribution in [0.2, 0.25) is 0 Å². The highest BCUT2D eigenvalue weighted by Gasteiger charge is 2.10. The molecule has 2 N–H and O–H groups in total. The average molecular weight is 352 g/mol. The van der Waals surface area contributed by atoms with Gasteiger partial charge in [-0.05, 0) is 36.4 Å². The van der Waals surface area contributed by atoms with Crippen LogP contribution in [0.1, 0.15) is 25.5 Å². The fraction of sp³-hybridized carbons (Fsp3) is 0.211. The maximum absolute atomic E-state index is 12.0. The Balaban J connectivity index is 1.48. The highest BCUT2D eigenvalue weighted by Crippen LogP contribution is 2.22. The molecule has 134 valence electrons. The van der Waals surface area contributed by atoms with Gasteiger partial charge < -0.3 is 19.9 Å². The van der Waals surface area contributed by atoms with Crippen LogP contribution in [-0.2, 0) is 4.79 Å². The van der Waals surface area contributed by atoms with Crippen molar-refractivity contribution < 1.29 is 14.1 Å². The molecular formula is C19H20N4O3. The number of nitrogens with one attached hydrogen (secondary N) is 2. The van der Waals surface area contributed by atoms with E-state index in [9.17, 15) is 4.79 Å². The molecule has 7 nitrogen and oxygen atoms in total. The van der Waals surface area contributed by atoms with Crippen molar-refractivity contribution in [3.05, 3.63) is 60.6 Å². The van der Waals surface area contributed by atoms with Gasteiger partial charge >= 0.3 is 0 Å². The number of hydrogen-bond donors (Lipinski definition) is 2. The molecule has 0 aliphatic rings. The van der Waals surface area contributed by atoms with Gasteiger partial charge in [-0.2, -0.15) is 0 Å². The number of carbonyl (C=O) groups is 1. The second kappa shape index (κ2) is 8.15. The topological polar surface area (TPSA) is 89.3 Å². The van der Waals surface area contributed by atoms with E-state index >= 15 is 0 Å². The van der Waals surface area contributed by atoms with Gasteiger partial charge in [0.15, 0.2) is 5.82 Å². The summed E-state index contributed by atoms with van der Waals surface area (Å²) in [6, 6.07) is 12.6. The molecule has 7 heteroatoms. The second-order valence-electron chi connectivity index (χ2n) is 5.98. The zero-order valence-corrected chi connectivity index (χ0v) is 14.6. The maximum atomic E-state index is 12.0. The molecule has 0 aliphatic carbocycles. The molecule has 0 saturated carbocycles. The third-order valence-corrected chi connectivity index (χ3v) is 3.56. The first-order valence-corrected chi connectivity index (χ1v) is 8.28. The van der Waals surface area contributed by atoms with Crippen molar-refractivity contribution >= 4 is 17.4 Å². The summed E-state index contributed by atoms with van der Waals surface area (Å²) in [5.74, 6) is 2.59. The number of carbonyl (C=O) groups excluding carboxylic acids is 1. The Morgan fingerprint density at radius 2 is 1.81 bits per heavy atom. The van der Waals surface area contributed by atoms with E-state index in [0.29, 0.717) is 17.3 Å². The van der Waals surface area contributed by atoms with E-state index in [4.69, 9.17) is 9.26 Å². The fourth-order valence-electron chi connectivity index (χ4n) is 2.17. The van der Waals surface area contributed by atoms with Crippen LogP contribution in [0, 0.1) is 0 Å². The van der Waals surface area contributed by atoms with Gasteiger partial charge in [-0.1, -0.05) is 19.0 Å². The highest BCUT2D eigenvalue weighted by molar-refractivity contribution is 5.92. The summed E-state index contributed by atoms with van der Waals surface area (Å²) in [7, 11) is 0. The smallest absolute Gasteiger partial charge is 0.244 e. The van der Waals surface area contributed by atoms with Crippen molar-refractivity contribution in [3.63, 3.8) is 0 Å². The molecule has 3 rings (SSSR count). The van der Waals surface area contributed by atoms with Crippen LogP contribution in [0.5, 0.6) is 11.5 Å². The minimum Gasteiger partial charge on any atom is -0.457 e. The third-order valence-electron chi connectivity index (χ3n) is 3.56. The quantitative estimate of drug-likeness (QED) is 0.667. The molecule has 0 fully saturated rings. The van der Waals surface area contributed by atoms with Crippen molar-refractivity contribution in [2.45, 2.75) is 19.8 Å². The number of ether oxygens (including phenoxy) is 1. The van der Waals surface area contributed by atoms with Crippen LogP contribution in [0.3, 0.4) is 0 Å². The molecule has 3 aromatic rings. The van der Waals surface area contributed by atoms with Crippen LogP contribution in [0.4, 0.5) is 11.5 Å². The SMILES string of the molecule is CC(C)c1cc(NC(=O)CNc2ccc(Oc3ccncc3)cc2)no1. The predicted molar refractivity (Wildman–Crippen MR) is 98.5 cm³/mol. The first-order chi connectivity index (χ1) is 12.6. The Labute approximate surface area is 151 Å². The number of anilines is 2. The summed E-state index contributed by atoms with van der Waals surface area (Å²) in [5, 5.41) is 9.57. The number of hydrogen-bond acceptors (Lipinski definition) is 6. The van der Waals surface area contributed by atoms with Gasteiger partial charge in [0, 0.05) is 30.1 Å². The highest BCUT2D eigenvalue weighted by atomic mass is 16.5. The molecule has 0 bridgehead atoms. The average Bonchev–Trinajstić information content (AvgIpc) is 3.11. The van der Waals surface area contributed by atoms with Crippen LogP contribution >= 0.6 is 0 Å². The Hall–Kier alpha value is -3.35. The van der Waals surface area contributed by atoms with E-state index in [-0.39, 0.29) is 18.4 Å². The number of nitrogens with zero attached hydrogens (tertiary/aromatic N) is 2. The van der Waals surface area contributed by atoms with Crippen molar-refractivity contribution in [2.75, 3.05) is 17.2 Å². The van der Waals surface area contributed by atoms with E-state index in [2.05, 4.69) is 20.8 Å². The van der Waals surface area contributed by atoms with E-state index in [0.717, 1.165) is 11.4 Å². The lowest BCUT2D eigenvalue weighted by Gasteiger charge is -2.08. The molecule has 2 aromatic heterocycles. The normalized spacial score (nSPS) is 10.6. The molecule has 0 atom stereocenters. The lowest BCUT2D eigenvalue weighted by Crippen LogP contribution is -2.21. The molecule has 0 aliphatic heterocycles. The van der Waals surface area contributed by atoms with Crippen LogP contribution in [0.15, 0.2) is 59.4 Å². The number of amides is 1. The molecule has 0 spiro atoms. The van der Waals surface area contributed by atoms with Crippen LogP contribution < -0.4 is 15.4 Å². The van der Waals surface area contributed by atoms with Crippen molar-refractivity contribution in [3.8, 4) is 11.5 Å². The lowest BCUT2D eigenvalue weighted by atomic mass is 10.2. The van der Waals surface area contributed by atoms with E-state index in [1.54, 1.807) is 30.6 Å². The summed E-state index contributed by atoms with van der Waals surface area (Å²) >= 11 is 0. The minimum atomic E-state index is -0.203. The monoisotopic (exact) mass is 352 g/mol. The van der Waals surface area contributed by atoms with Crippen LogP contribution in [0.25, 0.3) is 0 Å². The van der Waals surface area contributed by atoms with E-state index in [1.807, 2.05) is 38.1 Å². The third kappa shape index (κ3) is 4.83.